The maximum Gasteiger partial charge on any atom is 0.306 e. The summed E-state index contributed by atoms with van der Waals surface area (Å²) in [5.41, 5.74) is 2.46. The summed E-state index contributed by atoms with van der Waals surface area (Å²) < 4.78 is 5.18. The Labute approximate surface area is 154 Å². The van der Waals surface area contributed by atoms with E-state index in [2.05, 4.69) is 35.2 Å². The first-order valence-corrected chi connectivity index (χ1v) is 9.24. The van der Waals surface area contributed by atoms with E-state index in [1.165, 1.54) is 11.1 Å². The van der Waals surface area contributed by atoms with Gasteiger partial charge < -0.3 is 4.74 Å². The molecule has 1 heterocycles. The third-order valence-corrected chi connectivity index (χ3v) is 5.01. The minimum atomic E-state index is -0.110. The lowest BCUT2D eigenvalue weighted by Crippen LogP contribution is -2.26. The molecule has 25 heavy (non-hydrogen) atoms. The van der Waals surface area contributed by atoms with Crippen LogP contribution in [0.3, 0.4) is 0 Å². The molecule has 2 unspecified atom stereocenters. The number of carbonyl (C=O) groups is 1. The van der Waals surface area contributed by atoms with Gasteiger partial charge in [0, 0.05) is 17.6 Å². The van der Waals surface area contributed by atoms with E-state index in [0.29, 0.717) is 13.0 Å². The van der Waals surface area contributed by atoms with Crippen molar-refractivity contribution >= 4 is 17.6 Å². The lowest BCUT2D eigenvalue weighted by Gasteiger charge is -2.28. The van der Waals surface area contributed by atoms with Crippen LogP contribution in [-0.2, 0) is 16.1 Å². The zero-order chi connectivity index (χ0) is 17.6. The van der Waals surface area contributed by atoms with Crippen molar-refractivity contribution in [1.82, 2.24) is 4.90 Å². The van der Waals surface area contributed by atoms with Gasteiger partial charge >= 0.3 is 5.97 Å². The van der Waals surface area contributed by atoms with Gasteiger partial charge in [-0.05, 0) is 49.1 Å². The Morgan fingerprint density at radius 1 is 1.20 bits per heavy atom. The Morgan fingerprint density at radius 2 is 2.00 bits per heavy atom. The van der Waals surface area contributed by atoms with E-state index in [4.69, 9.17) is 16.3 Å². The summed E-state index contributed by atoms with van der Waals surface area (Å²) in [6.45, 7) is 4.12. The maximum absolute atomic E-state index is 12.0. The average Bonchev–Trinajstić information content (AvgIpc) is 2.98. The van der Waals surface area contributed by atoms with Crippen LogP contribution in [0.15, 0.2) is 54.6 Å². The van der Waals surface area contributed by atoms with Gasteiger partial charge in [-0.25, -0.2) is 0 Å². The van der Waals surface area contributed by atoms with E-state index in [1.807, 2.05) is 31.2 Å². The molecular formula is C21H24ClNO2. The summed E-state index contributed by atoms with van der Waals surface area (Å²) in [7, 11) is 0. The largest absolute Gasteiger partial charge is 0.466 e. The number of hydrogen-bond donors (Lipinski definition) is 0. The number of rotatable bonds is 6. The fourth-order valence-electron chi connectivity index (χ4n) is 3.74. The van der Waals surface area contributed by atoms with Crippen LogP contribution in [-0.4, -0.2) is 24.0 Å². The van der Waals surface area contributed by atoms with Gasteiger partial charge in [0.2, 0.25) is 0 Å². The zero-order valence-electron chi connectivity index (χ0n) is 14.5. The molecule has 0 N–H and O–H groups in total. The van der Waals surface area contributed by atoms with Crippen molar-refractivity contribution in [3.63, 3.8) is 0 Å². The van der Waals surface area contributed by atoms with Crippen molar-refractivity contribution in [3.8, 4) is 0 Å². The highest BCUT2D eigenvalue weighted by Gasteiger charge is 2.36. The summed E-state index contributed by atoms with van der Waals surface area (Å²) >= 11 is 6.22. The number of likely N-dealkylation sites (tertiary alicyclic amines) is 1. The normalized spacial score (nSPS) is 20.6. The second-order valence-electron chi connectivity index (χ2n) is 6.51. The third kappa shape index (κ3) is 4.62. The number of hydrogen-bond acceptors (Lipinski definition) is 3. The number of benzene rings is 2. The Morgan fingerprint density at radius 3 is 2.72 bits per heavy atom. The highest BCUT2D eigenvalue weighted by atomic mass is 35.5. The molecule has 4 heteroatoms. The van der Waals surface area contributed by atoms with Gasteiger partial charge in [0.1, 0.15) is 0 Å². The van der Waals surface area contributed by atoms with Crippen LogP contribution in [0.25, 0.3) is 0 Å². The van der Waals surface area contributed by atoms with E-state index in [-0.39, 0.29) is 17.9 Å². The smallest absolute Gasteiger partial charge is 0.306 e. The zero-order valence-corrected chi connectivity index (χ0v) is 15.3. The predicted molar refractivity (Wildman–Crippen MR) is 100 cm³/mol. The Hall–Kier alpha value is -1.84. The highest BCUT2D eigenvalue weighted by molar-refractivity contribution is 6.30. The van der Waals surface area contributed by atoms with Crippen LogP contribution >= 0.6 is 11.6 Å². The number of halogens is 1. The van der Waals surface area contributed by atoms with Gasteiger partial charge in [0.05, 0.1) is 13.0 Å². The molecule has 1 aliphatic heterocycles. The van der Waals surface area contributed by atoms with Crippen LogP contribution in [0.5, 0.6) is 0 Å². The monoisotopic (exact) mass is 357 g/mol. The van der Waals surface area contributed by atoms with Gasteiger partial charge in [-0.15, -0.1) is 0 Å². The Bertz CT molecular complexity index is 704. The second-order valence-corrected chi connectivity index (χ2v) is 6.95. The molecule has 0 aliphatic carbocycles. The number of carbonyl (C=O) groups excluding carboxylic acids is 1. The fourth-order valence-corrected chi connectivity index (χ4v) is 3.94. The van der Waals surface area contributed by atoms with Crippen molar-refractivity contribution in [2.24, 2.45) is 5.92 Å². The Kier molecular flexibility index (Phi) is 6.11. The summed E-state index contributed by atoms with van der Waals surface area (Å²) in [5, 5.41) is 0.735. The lowest BCUT2D eigenvalue weighted by atomic mass is 9.91. The first kappa shape index (κ1) is 18.0. The van der Waals surface area contributed by atoms with Crippen LogP contribution in [0.4, 0.5) is 0 Å². The van der Waals surface area contributed by atoms with E-state index in [0.717, 1.165) is 24.5 Å². The fraction of sp³-hybridized carbons (Fsp3) is 0.381. The number of esters is 1. The standard InChI is InChI=1S/C21H24ClNO2/c1-2-25-20(24)14-18-11-12-23(15-16-7-4-3-5-8-16)21(18)17-9-6-10-19(22)13-17/h3-10,13,18,21H,2,11-12,14-15H2,1H3. The summed E-state index contributed by atoms with van der Waals surface area (Å²) in [6.07, 6.45) is 1.44. The van der Waals surface area contributed by atoms with Crippen molar-refractivity contribution in [2.75, 3.05) is 13.2 Å². The minimum absolute atomic E-state index is 0.110. The molecule has 2 aromatic carbocycles. The molecule has 2 atom stereocenters. The van der Waals surface area contributed by atoms with Gasteiger partial charge in [-0.3, -0.25) is 9.69 Å². The van der Waals surface area contributed by atoms with E-state index in [1.54, 1.807) is 0 Å². The van der Waals surface area contributed by atoms with Crippen LogP contribution in [0.1, 0.15) is 36.9 Å². The van der Waals surface area contributed by atoms with Crippen LogP contribution in [0, 0.1) is 5.92 Å². The van der Waals surface area contributed by atoms with Crippen molar-refractivity contribution in [2.45, 2.75) is 32.4 Å². The predicted octanol–water partition coefficient (Wildman–Crippen LogP) is 4.86. The Balaban J connectivity index is 1.83. The van der Waals surface area contributed by atoms with Gasteiger partial charge in [-0.2, -0.15) is 0 Å². The molecule has 132 valence electrons. The molecule has 0 spiro atoms. The van der Waals surface area contributed by atoms with Crippen molar-refractivity contribution in [1.29, 1.82) is 0 Å². The van der Waals surface area contributed by atoms with Crippen LogP contribution in [0.2, 0.25) is 5.02 Å². The highest BCUT2D eigenvalue weighted by Crippen LogP contribution is 2.40. The first-order valence-electron chi connectivity index (χ1n) is 8.86. The van der Waals surface area contributed by atoms with E-state index in [9.17, 15) is 4.79 Å². The minimum Gasteiger partial charge on any atom is -0.466 e. The van der Waals surface area contributed by atoms with E-state index < -0.39 is 0 Å². The third-order valence-electron chi connectivity index (χ3n) is 4.78. The SMILES string of the molecule is CCOC(=O)CC1CCN(Cc2ccccc2)C1c1cccc(Cl)c1. The molecular weight excluding hydrogens is 334 g/mol. The number of ether oxygens (including phenoxy) is 1. The molecule has 3 rings (SSSR count). The molecule has 0 radical (unpaired) electrons. The molecule has 0 amide bonds. The molecule has 1 saturated heterocycles. The molecule has 0 aromatic heterocycles. The summed E-state index contributed by atoms with van der Waals surface area (Å²) in [4.78, 5) is 14.5. The molecule has 3 nitrogen and oxygen atoms in total. The summed E-state index contributed by atoms with van der Waals surface area (Å²) in [5.74, 6) is 0.141. The van der Waals surface area contributed by atoms with Gasteiger partial charge in [0.15, 0.2) is 0 Å². The van der Waals surface area contributed by atoms with Gasteiger partial charge in [-0.1, -0.05) is 54.1 Å². The van der Waals surface area contributed by atoms with E-state index >= 15 is 0 Å². The maximum atomic E-state index is 12.0. The first-order chi connectivity index (χ1) is 12.2. The topological polar surface area (TPSA) is 29.5 Å². The second kappa shape index (κ2) is 8.50. The number of nitrogens with zero attached hydrogens (tertiary/aromatic N) is 1. The summed E-state index contributed by atoms with van der Waals surface area (Å²) in [6, 6.07) is 18.6. The van der Waals surface area contributed by atoms with Crippen LogP contribution < -0.4 is 0 Å². The van der Waals surface area contributed by atoms with Gasteiger partial charge in [0.25, 0.3) is 0 Å². The molecule has 1 fully saturated rings. The average molecular weight is 358 g/mol. The molecule has 0 saturated carbocycles. The molecule has 1 aliphatic rings. The quantitative estimate of drug-likeness (QED) is 0.692. The molecule has 0 bridgehead atoms. The van der Waals surface area contributed by atoms with Crippen molar-refractivity contribution in [3.05, 3.63) is 70.7 Å². The molecule has 2 aromatic rings. The van der Waals surface area contributed by atoms with Crippen molar-refractivity contribution < 1.29 is 9.53 Å². The lowest BCUT2D eigenvalue weighted by molar-refractivity contribution is -0.144.